The Morgan fingerprint density at radius 1 is 1.00 bits per heavy atom. The smallest absolute Gasteiger partial charge is 0.262 e. The van der Waals surface area contributed by atoms with Crippen molar-refractivity contribution in [1.29, 1.82) is 0 Å². The fraction of sp³-hybridized carbons (Fsp3) is 0.263. The van der Waals surface area contributed by atoms with Gasteiger partial charge in [-0.25, -0.2) is 4.39 Å². The van der Waals surface area contributed by atoms with E-state index in [2.05, 4.69) is 0 Å². The quantitative estimate of drug-likeness (QED) is 0.791. The molecule has 0 fully saturated rings. The standard InChI is InChI=1S/C19H18FNO3/c1-19(2,12-24-11-13-6-5-7-14(20)10-13)21-17(22)15-8-3-4-9-16(15)18(21)23/h3-10H,11-12H2,1-2H3. The van der Waals surface area contributed by atoms with Crippen molar-refractivity contribution in [3.05, 3.63) is 71.0 Å². The summed E-state index contributed by atoms with van der Waals surface area (Å²) in [4.78, 5) is 26.3. The molecule has 0 bridgehead atoms. The van der Waals surface area contributed by atoms with Crippen LogP contribution in [0.2, 0.25) is 0 Å². The highest BCUT2D eigenvalue weighted by atomic mass is 19.1. The molecule has 0 aromatic heterocycles. The van der Waals surface area contributed by atoms with Crippen molar-refractivity contribution in [2.45, 2.75) is 26.0 Å². The molecule has 0 atom stereocenters. The van der Waals surface area contributed by atoms with E-state index in [0.717, 1.165) is 0 Å². The summed E-state index contributed by atoms with van der Waals surface area (Å²) in [5.41, 5.74) is 0.732. The number of hydrogen-bond acceptors (Lipinski definition) is 3. The minimum absolute atomic E-state index is 0.162. The Labute approximate surface area is 139 Å². The second kappa shape index (κ2) is 6.17. The number of hydrogen-bond donors (Lipinski definition) is 0. The van der Waals surface area contributed by atoms with Gasteiger partial charge in [0, 0.05) is 0 Å². The number of nitrogens with zero attached hydrogens (tertiary/aromatic N) is 1. The van der Waals surface area contributed by atoms with Crippen molar-refractivity contribution in [1.82, 2.24) is 4.90 Å². The second-order valence-corrected chi connectivity index (χ2v) is 6.43. The molecule has 24 heavy (non-hydrogen) atoms. The number of benzene rings is 2. The Hall–Kier alpha value is -2.53. The fourth-order valence-electron chi connectivity index (χ4n) is 2.85. The molecule has 0 radical (unpaired) electrons. The number of imide groups is 1. The SMILES string of the molecule is CC(C)(COCc1cccc(F)c1)N1C(=O)c2ccccc2C1=O. The van der Waals surface area contributed by atoms with Crippen LogP contribution in [0, 0.1) is 5.82 Å². The summed E-state index contributed by atoms with van der Waals surface area (Å²) in [6.45, 7) is 3.93. The van der Waals surface area contributed by atoms with Crippen molar-refractivity contribution in [2.75, 3.05) is 6.61 Å². The highest BCUT2D eigenvalue weighted by Gasteiger charge is 2.43. The van der Waals surface area contributed by atoms with Crippen LogP contribution in [0.4, 0.5) is 4.39 Å². The molecule has 0 spiro atoms. The molecular weight excluding hydrogens is 309 g/mol. The van der Waals surface area contributed by atoms with Crippen LogP contribution in [0.1, 0.15) is 40.1 Å². The van der Waals surface area contributed by atoms with E-state index in [1.54, 1.807) is 50.2 Å². The van der Waals surface area contributed by atoms with Gasteiger partial charge in [-0.05, 0) is 43.7 Å². The summed E-state index contributed by atoms with van der Waals surface area (Å²) < 4.78 is 18.8. The molecule has 0 unspecified atom stereocenters. The van der Waals surface area contributed by atoms with E-state index in [1.807, 2.05) is 0 Å². The largest absolute Gasteiger partial charge is 0.374 e. The van der Waals surface area contributed by atoms with Gasteiger partial charge in [-0.3, -0.25) is 14.5 Å². The minimum atomic E-state index is -0.805. The van der Waals surface area contributed by atoms with Gasteiger partial charge in [0.15, 0.2) is 0 Å². The Kier molecular flexibility index (Phi) is 4.20. The molecule has 0 saturated heterocycles. The monoisotopic (exact) mass is 327 g/mol. The summed E-state index contributed by atoms with van der Waals surface area (Å²) in [7, 11) is 0. The molecule has 3 rings (SSSR count). The summed E-state index contributed by atoms with van der Waals surface area (Å²) in [6.07, 6.45) is 0. The lowest BCUT2D eigenvalue weighted by atomic mass is 10.0. The van der Waals surface area contributed by atoms with Crippen LogP contribution >= 0.6 is 0 Å². The highest BCUT2D eigenvalue weighted by Crippen LogP contribution is 2.29. The number of rotatable bonds is 5. The molecule has 2 aromatic carbocycles. The minimum Gasteiger partial charge on any atom is -0.374 e. The lowest BCUT2D eigenvalue weighted by Crippen LogP contribution is -2.50. The van der Waals surface area contributed by atoms with Gasteiger partial charge in [0.1, 0.15) is 5.82 Å². The van der Waals surface area contributed by atoms with Gasteiger partial charge in [-0.2, -0.15) is 0 Å². The van der Waals surface area contributed by atoms with Gasteiger partial charge in [-0.1, -0.05) is 24.3 Å². The topological polar surface area (TPSA) is 46.6 Å². The molecule has 0 N–H and O–H groups in total. The lowest BCUT2D eigenvalue weighted by molar-refractivity contribution is 0.0118. The number of halogens is 1. The van der Waals surface area contributed by atoms with Crippen LogP contribution in [-0.4, -0.2) is 28.9 Å². The highest BCUT2D eigenvalue weighted by molar-refractivity contribution is 6.21. The molecule has 0 saturated carbocycles. The molecule has 1 aliphatic rings. The number of amides is 2. The number of carbonyl (C=O) groups is 2. The molecule has 2 aromatic rings. The zero-order chi connectivity index (χ0) is 17.3. The van der Waals surface area contributed by atoms with Crippen molar-refractivity contribution in [3.8, 4) is 0 Å². The Morgan fingerprint density at radius 2 is 1.62 bits per heavy atom. The first-order valence-corrected chi connectivity index (χ1v) is 7.70. The first-order chi connectivity index (χ1) is 11.4. The third-order valence-corrected chi connectivity index (χ3v) is 4.01. The van der Waals surface area contributed by atoms with E-state index in [9.17, 15) is 14.0 Å². The maximum atomic E-state index is 13.2. The Morgan fingerprint density at radius 3 is 2.21 bits per heavy atom. The summed E-state index contributed by atoms with van der Waals surface area (Å²) in [5.74, 6) is -0.944. The molecule has 1 aliphatic heterocycles. The van der Waals surface area contributed by atoms with Crippen molar-refractivity contribution in [3.63, 3.8) is 0 Å². The molecular formula is C19H18FNO3. The number of carbonyl (C=O) groups excluding carboxylic acids is 2. The lowest BCUT2D eigenvalue weighted by Gasteiger charge is -2.33. The first kappa shape index (κ1) is 16.3. The average molecular weight is 327 g/mol. The fourth-order valence-corrected chi connectivity index (χ4v) is 2.85. The zero-order valence-electron chi connectivity index (χ0n) is 13.6. The van der Waals surface area contributed by atoms with Gasteiger partial charge < -0.3 is 4.74 Å². The molecule has 1 heterocycles. The van der Waals surface area contributed by atoms with E-state index < -0.39 is 5.54 Å². The predicted molar refractivity (Wildman–Crippen MR) is 87.1 cm³/mol. The normalized spacial score (nSPS) is 14.2. The van der Waals surface area contributed by atoms with Crippen LogP contribution in [0.25, 0.3) is 0 Å². The molecule has 0 aliphatic carbocycles. The van der Waals surface area contributed by atoms with Gasteiger partial charge in [0.05, 0.1) is 29.9 Å². The van der Waals surface area contributed by atoms with Crippen LogP contribution in [-0.2, 0) is 11.3 Å². The Balaban J connectivity index is 1.70. The zero-order valence-corrected chi connectivity index (χ0v) is 13.6. The van der Waals surface area contributed by atoms with E-state index in [0.29, 0.717) is 16.7 Å². The predicted octanol–water partition coefficient (Wildman–Crippen LogP) is 3.42. The van der Waals surface area contributed by atoms with Crippen molar-refractivity contribution < 1.29 is 18.7 Å². The van der Waals surface area contributed by atoms with Crippen molar-refractivity contribution >= 4 is 11.8 Å². The van der Waals surface area contributed by atoms with Crippen LogP contribution in [0.3, 0.4) is 0 Å². The van der Waals surface area contributed by atoms with E-state index in [-0.39, 0.29) is 30.8 Å². The van der Waals surface area contributed by atoms with Crippen LogP contribution < -0.4 is 0 Å². The number of fused-ring (bicyclic) bond motifs is 1. The first-order valence-electron chi connectivity index (χ1n) is 7.70. The summed E-state index contributed by atoms with van der Waals surface area (Å²) in [6, 6.07) is 12.9. The summed E-state index contributed by atoms with van der Waals surface area (Å²) in [5, 5.41) is 0. The van der Waals surface area contributed by atoms with E-state index in [1.165, 1.54) is 17.0 Å². The van der Waals surface area contributed by atoms with Gasteiger partial charge in [-0.15, -0.1) is 0 Å². The number of ether oxygens (including phenoxy) is 1. The molecule has 4 nitrogen and oxygen atoms in total. The molecule has 5 heteroatoms. The van der Waals surface area contributed by atoms with E-state index >= 15 is 0 Å². The van der Waals surface area contributed by atoms with Crippen LogP contribution in [0.15, 0.2) is 48.5 Å². The van der Waals surface area contributed by atoms with E-state index in [4.69, 9.17) is 4.74 Å². The van der Waals surface area contributed by atoms with Gasteiger partial charge in [0.25, 0.3) is 11.8 Å². The maximum absolute atomic E-state index is 13.2. The average Bonchev–Trinajstić information content (AvgIpc) is 2.80. The van der Waals surface area contributed by atoms with Gasteiger partial charge >= 0.3 is 0 Å². The molecule has 2 amide bonds. The summed E-state index contributed by atoms with van der Waals surface area (Å²) >= 11 is 0. The second-order valence-electron chi connectivity index (χ2n) is 6.43. The van der Waals surface area contributed by atoms with Crippen molar-refractivity contribution in [2.24, 2.45) is 0 Å². The Bertz CT molecular complexity index is 766. The van der Waals surface area contributed by atoms with Crippen LogP contribution in [0.5, 0.6) is 0 Å². The third kappa shape index (κ3) is 2.95. The molecule has 124 valence electrons. The maximum Gasteiger partial charge on any atom is 0.262 e. The third-order valence-electron chi connectivity index (χ3n) is 4.01. The van der Waals surface area contributed by atoms with Gasteiger partial charge in [0.2, 0.25) is 0 Å².